The van der Waals surface area contributed by atoms with Gasteiger partial charge in [-0.2, -0.15) is 0 Å². The highest BCUT2D eigenvalue weighted by Gasteiger charge is 2.13. The Balaban J connectivity index is 2.00. The minimum Gasteiger partial charge on any atom is -0.497 e. The highest BCUT2D eigenvalue weighted by molar-refractivity contribution is 7.17. The molecule has 0 spiro atoms. The number of hydrogen-bond donors (Lipinski definition) is 1. The van der Waals surface area contributed by atoms with Crippen LogP contribution in [0.2, 0.25) is 0 Å². The molecule has 1 heterocycles. The summed E-state index contributed by atoms with van der Waals surface area (Å²) in [5.41, 5.74) is 8.67. The second-order valence-electron chi connectivity index (χ2n) is 4.44. The highest BCUT2D eigenvalue weighted by Crippen LogP contribution is 2.32. The lowest BCUT2D eigenvalue weighted by atomic mass is 9.99. The van der Waals surface area contributed by atoms with E-state index in [1.807, 2.05) is 24.3 Å². The van der Waals surface area contributed by atoms with Crippen LogP contribution in [0.15, 0.2) is 53.9 Å². The van der Waals surface area contributed by atoms with Gasteiger partial charge in [-0.25, -0.2) is 0 Å². The number of methoxy groups -OCH3 is 1. The van der Waals surface area contributed by atoms with E-state index in [0.29, 0.717) is 0 Å². The summed E-state index contributed by atoms with van der Waals surface area (Å²) in [4.78, 5) is 0. The molecule has 0 radical (unpaired) electrons. The zero-order valence-electron chi connectivity index (χ0n) is 10.7. The molecule has 19 heavy (non-hydrogen) atoms. The van der Waals surface area contributed by atoms with Crippen molar-refractivity contribution < 1.29 is 4.74 Å². The molecular formula is C16H15NOS. The predicted octanol–water partition coefficient (Wildman–Crippen LogP) is 3.96. The molecule has 2 nitrogen and oxygen atoms in total. The van der Waals surface area contributed by atoms with Crippen molar-refractivity contribution in [1.82, 2.24) is 0 Å². The van der Waals surface area contributed by atoms with E-state index < -0.39 is 0 Å². The van der Waals surface area contributed by atoms with Gasteiger partial charge in [0.05, 0.1) is 13.2 Å². The van der Waals surface area contributed by atoms with E-state index in [9.17, 15) is 0 Å². The monoisotopic (exact) mass is 269 g/mol. The molecule has 0 saturated heterocycles. The van der Waals surface area contributed by atoms with E-state index in [1.165, 1.54) is 15.6 Å². The molecule has 2 N–H and O–H groups in total. The number of thiophene rings is 1. The van der Waals surface area contributed by atoms with Crippen LogP contribution in [0.25, 0.3) is 10.1 Å². The van der Waals surface area contributed by atoms with Gasteiger partial charge in [-0.3, -0.25) is 0 Å². The topological polar surface area (TPSA) is 35.2 Å². The minimum atomic E-state index is -0.0953. The molecule has 0 fully saturated rings. The Labute approximate surface area is 116 Å². The van der Waals surface area contributed by atoms with Gasteiger partial charge in [-0.05, 0) is 40.1 Å². The van der Waals surface area contributed by atoms with Crippen LogP contribution in [0.3, 0.4) is 0 Å². The van der Waals surface area contributed by atoms with Crippen molar-refractivity contribution in [2.75, 3.05) is 7.11 Å². The molecule has 0 aliphatic rings. The molecule has 3 rings (SSSR count). The number of rotatable bonds is 3. The number of fused-ring (bicyclic) bond motifs is 1. The normalized spacial score (nSPS) is 12.5. The van der Waals surface area contributed by atoms with Gasteiger partial charge in [0.25, 0.3) is 0 Å². The maximum atomic E-state index is 6.38. The fourth-order valence-corrected chi connectivity index (χ4v) is 3.23. The summed E-state index contributed by atoms with van der Waals surface area (Å²) in [6.07, 6.45) is 0. The van der Waals surface area contributed by atoms with Crippen LogP contribution >= 0.6 is 11.3 Å². The first-order valence-corrected chi connectivity index (χ1v) is 7.03. The third-order valence-corrected chi connectivity index (χ3v) is 4.30. The van der Waals surface area contributed by atoms with E-state index in [-0.39, 0.29) is 6.04 Å². The number of benzene rings is 2. The number of ether oxygens (including phenoxy) is 1. The number of nitrogens with two attached hydrogens (primary N) is 1. The van der Waals surface area contributed by atoms with E-state index >= 15 is 0 Å². The van der Waals surface area contributed by atoms with Gasteiger partial charge in [0.1, 0.15) is 5.75 Å². The van der Waals surface area contributed by atoms with Gasteiger partial charge in [-0.1, -0.05) is 30.3 Å². The third kappa shape index (κ3) is 2.23. The zero-order chi connectivity index (χ0) is 13.2. The second-order valence-corrected chi connectivity index (χ2v) is 5.35. The molecule has 0 bridgehead atoms. The first kappa shape index (κ1) is 12.2. The van der Waals surface area contributed by atoms with Gasteiger partial charge in [0.2, 0.25) is 0 Å². The highest BCUT2D eigenvalue weighted by atomic mass is 32.1. The molecule has 1 aromatic heterocycles. The Morgan fingerprint density at radius 3 is 2.53 bits per heavy atom. The molecule has 96 valence electrons. The van der Waals surface area contributed by atoms with Crippen molar-refractivity contribution in [2.24, 2.45) is 5.73 Å². The van der Waals surface area contributed by atoms with E-state index in [1.54, 1.807) is 18.4 Å². The zero-order valence-corrected chi connectivity index (χ0v) is 11.5. The molecule has 0 aliphatic carbocycles. The molecule has 2 aromatic carbocycles. The fourth-order valence-electron chi connectivity index (χ4n) is 2.23. The van der Waals surface area contributed by atoms with Crippen LogP contribution in [0.4, 0.5) is 0 Å². The Kier molecular flexibility index (Phi) is 3.23. The van der Waals surface area contributed by atoms with Gasteiger partial charge in [-0.15, -0.1) is 11.3 Å². The first-order chi connectivity index (χ1) is 9.29. The predicted molar refractivity (Wildman–Crippen MR) is 80.8 cm³/mol. The SMILES string of the molecule is COc1ccc(C(N)c2csc3ccccc23)cc1. The Bertz CT molecular complexity index is 687. The molecule has 3 heteroatoms. The Morgan fingerprint density at radius 1 is 1.05 bits per heavy atom. The maximum absolute atomic E-state index is 6.38. The molecular weight excluding hydrogens is 254 g/mol. The van der Waals surface area contributed by atoms with Gasteiger partial charge in [0, 0.05) is 4.70 Å². The Hall–Kier alpha value is -1.84. The summed E-state index contributed by atoms with van der Waals surface area (Å²) in [5.74, 6) is 0.853. The van der Waals surface area contributed by atoms with Crippen molar-refractivity contribution >= 4 is 21.4 Å². The number of hydrogen-bond acceptors (Lipinski definition) is 3. The molecule has 0 amide bonds. The fraction of sp³-hybridized carbons (Fsp3) is 0.125. The molecule has 0 saturated carbocycles. The van der Waals surface area contributed by atoms with Gasteiger partial charge < -0.3 is 10.5 Å². The summed E-state index contributed by atoms with van der Waals surface area (Å²) >= 11 is 1.74. The van der Waals surface area contributed by atoms with Gasteiger partial charge in [0.15, 0.2) is 0 Å². The second kappa shape index (κ2) is 5.03. The quantitative estimate of drug-likeness (QED) is 0.781. The van der Waals surface area contributed by atoms with E-state index in [4.69, 9.17) is 10.5 Å². The maximum Gasteiger partial charge on any atom is 0.118 e. The van der Waals surface area contributed by atoms with E-state index in [0.717, 1.165) is 11.3 Å². The summed E-state index contributed by atoms with van der Waals surface area (Å²) in [6.45, 7) is 0. The summed E-state index contributed by atoms with van der Waals surface area (Å²) in [6, 6.07) is 16.2. The standard InChI is InChI=1S/C16H15NOS/c1-18-12-8-6-11(7-9-12)16(17)14-10-19-15-5-3-2-4-13(14)15/h2-10,16H,17H2,1H3. The van der Waals surface area contributed by atoms with Gasteiger partial charge >= 0.3 is 0 Å². The summed E-state index contributed by atoms with van der Waals surface area (Å²) in [7, 11) is 1.67. The minimum absolute atomic E-state index is 0.0953. The average molecular weight is 269 g/mol. The van der Waals surface area contributed by atoms with Crippen LogP contribution < -0.4 is 10.5 Å². The van der Waals surface area contributed by atoms with Crippen molar-refractivity contribution in [3.05, 3.63) is 65.0 Å². The van der Waals surface area contributed by atoms with Crippen LogP contribution in [0, 0.1) is 0 Å². The van der Waals surface area contributed by atoms with Crippen LogP contribution in [0.1, 0.15) is 17.2 Å². The molecule has 1 unspecified atom stereocenters. The third-order valence-electron chi connectivity index (χ3n) is 3.32. The largest absolute Gasteiger partial charge is 0.497 e. The lowest BCUT2D eigenvalue weighted by molar-refractivity contribution is 0.414. The average Bonchev–Trinajstić information content (AvgIpc) is 2.90. The van der Waals surface area contributed by atoms with Crippen molar-refractivity contribution in [1.29, 1.82) is 0 Å². The lowest BCUT2D eigenvalue weighted by Crippen LogP contribution is -2.11. The van der Waals surface area contributed by atoms with Crippen LogP contribution in [-0.2, 0) is 0 Å². The Morgan fingerprint density at radius 2 is 1.79 bits per heavy atom. The van der Waals surface area contributed by atoms with E-state index in [2.05, 4.69) is 29.6 Å². The van der Waals surface area contributed by atoms with Crippen LogP contribution in [-0.4, -0.2) is 7.11 Å². The van der Waals surface area contributed by atoms with Crippen molar-refractivity contribution in [3.8, 4) is 5.75 Å². The molecule has 1 atom stereocenters. The molecule has 0 aliphatic heterocycles. The van der Waals surface area contributed by atoms with Crippen molar-refractivity contribution in [2.45, 2.75) is 6.04 Å². The van der Waals surface area contributed by atoms with Crippen LogP contribution in [0.5, 0.6) is 5.75 Å². The smallest absolute Gasteiger partial charge is 0.118 e. The lowest BCUT2D eigenvalue weighted by Gasteiger charge is -2.12. The summed E-state index contributed by atoms with van der Waals surface area (Å²) in [5, 5.41) is 3.40. The van der Waals surface area contributed by atoms with Crippen molar-refractivity contribution in [3.63, 3.8) is 0 Å². The first-order valence-electron chi connectivity index (χ1n) is 6.15. The summed E-state index contributed by atoms with van der Waals surface area (Å²) < 4.78 is 6.45. The molecule has 3 aromatic rings.